The highest BCUT2D eigenvalue weighted by molar-refractivity contribution is 5.45. The van der Waals surface area contributed by atoms with Crippen LogP contribution in [0.5, 0.6) is 0 Å². The van der Waals surface area contributed by atoms with Crippen LogP contribution in [0.4, 0.5) is 5.69 Å². The second-order valence-electron chi connectivity index (χ2n) is 5.30. The van der Waals surface area contributed by atoms with Crippen LogP contribution in [0, 0.1) is 10.1 Å². The Morgan fingerprint density at radius 1 is 1.41 bits per heavy atom. The van der Waals surface area contributed by atoms with Crippen molar-refractivity contribution in [2.45, 2.75) is 39.0 Å². The third kappa shape index (κ3) is 2.93. The molecular formula is C14H19NO2. The van der Waals surface area contributed by atoms with Crippen molar-refractivity contribution in [3.63, 3.8) is 0 Å². The molecule has 0 amide bonds. The van der Waals surface area contributed by atoms with Crippen LogP contribution in [0.15, 0.2) is 30.9 Å². The summed E-state index contributed by atoms with van der Waals surface area (Å²) in [4.78, 5) is 10.4. The van der Waals surface area contributed by atoms with E-state index in [4.69, 9.17) is 0 Å². The van der Waals surface area contributed by atoms with E-state index in [9.17, 15) is 10.1 Å². The third-order valence-electron chi connectivity index (χ3n) is 2.90. The van der Waals surface area contributed by atoms with Crippen molar-refractivity contribution in [1.82, 2.24) is 0 Å². The highest BCUT2D eigenvalue weighted by Crippen LogP contribution is 2.33. The van der Waals surface area contributed by atoms with E-state index in [0.717, 1.165) is 11.1 Å². The van der Waals surface area contributed by atoms with Gasteiger partial charge in [0.2, 0.25) is 0 Å². The highest BCUT2D eigenvalue weighted by atomic mass is 16.6. The van der Waals surface area contributed by atoms with Crippen LogP contribution in [0.3, 0.4) is 0 Å². The summed E-state index contributed by atoms with van der Waals surface area (Å²) in [7, 11) is 0. The molecule has 3 nitrogen and oxygen atoms in total. The number of rotatable bonds is 3. The van der Waals surface area contributed by atoms with Crippen LogP contribution in [0.25, 0.3) is 0 Å². The lowest BCUT2D eigenvalue weighted by atomic mass is 9.80. The van der Waals surface area contributed by atoms with Gasteiger partial charge in [0.25, 0.3) is 5.69 Å². The van der Waals surface area contributed by atoms with Gasteiger partial charge in [-0.1, -0.05) is 39.8 Å². The average Bonchev–Trinajstić information content (AvgIpc) is 2.25. The van der Waals surface area contributed by atoms with E-state index >= 15 is 0 Å². The summed E-state index contributed by atoms with van der Waals surface area (Å²) < 4.78 is 0. The summed E-state index contributed by atoms with van der Waals surface area (Å²) in [5.74, 6) is 0.115. The maximum absolute atomic E-state index is 10.8. The van der Waals surface area contributed by atoms with Crippen LogP contribution in [0.2, 0.25) is 0 Å². The van der Waals surface area contributed by atoms with Gasteiger partial charge in [-0.15, -0.1) is 6.58 Å². The lowest BCUT2D eigenvalue weighted by molar-refractivity contribution is -0.384. The number of nitro benzene ring substituents is 1. The van der Waals surface area contributed by atoms with Crippen LogP contribution < -0.4 is 0 Å². The molecule has 1 atom stereocenters. The summed E-state index contributed by atoms with van der Waals surface area (Å²) in [6, 6.07) is 5.08. The lowest BCUT2D eigenvalue weighted by Crippen LogP contribution is -2.15. The number of hydrogen-bond acceptors (Lipinski definition) is 2. The van der Waals surface area contributed by atoms with Crippen molar-refractivity contribution < 1.29 is 4.92 Å². The molecule has 0 aliphatic rings. The SMILES string of the molecule is C=CC(C)c1cc([N+](=O)[O-])ccc1C(C)(C)C. The van der Waals surface area contributed by atoms with Crippen molar-refractivity contribution in [3.05, 3.63) is 52.1 Å². The fourth-order valence-corrected chi connectivity index (χ4v) is 1.85. The molecule has 0 radical (unpaired) electrons. The second kappa shape index (κ2) is 4.70. The molecule has 1 unspecified atom stereocenters. The molecular weight excluding hydrogens is 214 g/mol. The number of benzene rings is 1. The normalized spacial score (nSPS) is 13.2. The molecule has 0 saturated carbocycles. The van der Waals surface area contributed by atoms with Gasteiger partial charge in [-0.25, -0.2) is 0 Å². The van der Waals surface area contributed by atoms with Gasteiger partial charge in [-0.3, -0.25) is 10.1 Å². The second-order valence-corrected chi connectivity index (χ2v) is 5.30. The molecule has 1 aromatic carbocycles. The molecule has 0 heterocycles. The van der Waals surface area contributed by atoms with Crippen LogP contribution in [0.1, 0.15) is 44.7 Å². The van der Waals surface area contributed by atoms with E-state index in [1.165, 1.54) is 0 Å². The maximum atomic E-state index is 10.8. The van der Waals surface area contributed by atoms with Crippen LogP contribution in [-0.4, -0.2) is 4.92 Å². The average molecular weight is 233 g/mol. The standard InChI is InChI=1S/C14H19NO2/c1-6-10(2)12-9-11(15(16)17)7-8-13(12)14(3,4)5/h6-10H,1H2,2-5H3. The molecule has 0 N–H and O–H groups in total. The largest absolute Gasteiger partial charge is 0.269 e. The van der Waals surface area contributed by atoms with Crippen LogP contribution >= 0.6 is 0 Å². The van der Waals surface area contributed by atoms with E-state index in [0.29, 0.717) is 0 Å². The minimum absolute atomic E-state index is 0.0261. The summed E-state index contributed by atoms with van der Waals surface area (Å²) >= 11 is 0. The zero-order chi connectivity index (χ0) is 13.2. The molecule has 17 heavy (non-hydrogen) atoms. The number of nitrogens with zero attached hydrogens (tertiary/aromatic N) is 1. The van der Waals surface area contributed by atoms with Gasteiger partial charge in [0.05, 0.1) is 4.92 Å². The highest BCUT2D eigenvalue weighted by Gasteiger charge is 2.22. The zero-order valence-corrected chi connectivity index (χ0v) is 10.9. The molecule has 0 fully saturated rings. The maximum Gasteiger partial charge on any atom is 0.269 e. The molecule has 1 rings (SSSR count). The zero-order valence-electron chi connectivity index (χ0n) is 10.9. The first-order valence-corrected chi connectivity index (χ1v) is 5.68. The molecule has 0 aliphatic heterocycles. The smallest absolute Gasteiger partial charge is 0.258 e. The molecule has 0 spiro atoms. The Labute approximate surface area is 102 Å². The fraction of sp³-hybridized carbons (Fsp3) is 0.429. The number of nitro groups is 1. The molecule has 0 bridgehead atoms. The minimum atomic E-state index is -0.355. The molecule has 3 heteroatoms. The van der Waals surface area contributed by atoms with Gasteiger partial charge in [-0.2, -0.15) is 0 Å². The quantitative estimate of drug-likeness (QED) is 0.446. The Hall–Kier alpha value is -1.64. The van der Waals surface area contributed by atoms with Crippen molar-refractivity contribution in [2.75, 3.05) is 0 Å². The third-order valence-corrected chi connectivity index (χ3v) is 2.90. The van der Waals surface area contributed by atoms with Gasteiger partial charge < -0.3 is 0 Å². The van der Waals surface area contributed by atoms with Gasteiger partial charge in [0.15, 0.2) is 0 Å². The molecule has 0 aromatic heterocycles. The molecule has 92 valence electrons. The van der Waals surface area contributed by atoms with Gasteiger partial charge >= 0.3 is 0 Å². The first-order chi connectivity index (χ1) is 7.77. The monoisotopic (exact) mass is 233 g/mol. The number of allylic oxidation sites excluding steroid dienone is 1. The summed E-state index contributed by atoms with van der Waals surface area (Å²) in [6.45, 7) is 12.1. The van der Waals surface area contributed by atoms with E-state index in [1.807, 2.05) is 19.1 Å². The predicted molar refractivity (Wildman–Crippen MR) is 70.4 cm³/mol. The number of hydrogen-bond donors (Lipinski definition) is 0. The molecule has 1 aromatic rings. The number of non-ortho nitro benzene ring substituents is 1. The van der Waals surface area contributed by atoms with Gasteiger partial charge in [0.1, 0.15) is 0 Å². The minimum Gasteiger partial charge on any atom is -0.258 e. The van der Waals surface area contributed by atoms with Crippen LogP contribution in [-0.2, 0) is 5.41 Å². The first-order valence-electron chi connectivity index (χ1n) is 5.68. The first kappa shape index (κ1) is 13.4. The van der Waals surface area contributed by atoms with E-state index < -0.39 is 0 Å². The topological polar surface area (TPSA) is 43.1 Å². The Morgan fingerprint density at radius 2 is 2.00 bits per heavy atom. The molecule has 0 aliphatic carbocycles. The van der Waals surface area contributed by atoms with Gasteiger partial charge in [-0.05, 0) is 22.5 Å². The Morgan fingerprint density at radius 3 is 2.41 bits per heavy atom. The summed E-state index contributed by atoms with van der Waals surface area (Å²) in [5, 5.41) is 10.8. The Bertz CT molecular complexity index is 444. The van der Waals surface area contributed by atoms with Crippen molar-refractivity contribution in [2.24, 2.45) is 0 Å². The van der Waals surface area contributed by atoms with Crippen molar-refractivity contribution in [3.8, 4) is 0 Å². The van der Waals surface area contributed by atoms with Gasteiger partial charge in [0, 0.05) is 12.1 Å². The summed E-state index contributed by atoms with van der Waals surface area (Å²) in [5.41, 5.74) is 2.24. The van der Waals surface area contributed by atoms with Crippen molar-refractivity contribution in [1.29, 1.82) is 0 Å². The van der Waals surface area contributed by atoms with E-state index in [1.54, 1.807) is 12.1 Å². The van der Waals surface area contributed by atoms with E-state index in [-0.39, 0.29) is 21.9 Å². The Balaban J connectivity index is 3.42. The fourth-order valence-electron chi connectivity index (χ4n) is 1.85. The Kier molecular flexibility index (Phi) is 3.71. The van der Waals surface area contributed by atoms with Crippen molar-refractivity contribution >= 4 is 5.69 Å². The molecule has 0 saturated heterocycles. The summed E-state index contributed by atoms with van der Waals surface area (Å²) in [6.07, 6.45) is 1.81. The lowest BCUT2D eigenvalue weighted by Gasteiger charge is -2.24. The van der Waals surface area contributed by atoms with E-state index in [2.05, 4.69) is 27.4 Å². The predicted octanol–water partition coefficient (Wildman–Crippen LogP) is 4.18.